The maximum absolute atomic E-state index is 13.1. The third kappa shape index (κ3) is 3.38. The van der Waals surface area contributed by atoms with E-state index in [1.54, 1.807) is 16.8 Å². The Morgan fingerprint density at radius 2 is 1.83 bits per heavy atom. The third-order valence-electron chi connectivity index (χ3n) is 3.62. The van der Waals surface area contributed by atoms with Crippen molar-refractivity contribution in [1.29, 1.82) is 0 Å². The summed E-state index contributed by atoms with van der Waals surface area (Å²) < 4.78 is 15.7. The monoisotopic (exact) mass is 387 g/mol. The van der Waals surface area contributed by atoms with Crippen molar-refractivity contribution < 1.29 is 9.18 Å². The number of aromatic nitrogens is 2. The van der Waals surface area contributed by atoms with E-state index in [1.807, 2.05) is 31.2 Å². The number of nitrogens with one attached hydrogen (secondary N) is 1. The maximum atomic E-state index is 13.1. The van der Waals surface area contributed by atoms with Crippen LogP contribution in [0.3, 0.4) is 0 Å². The molecule has 1 aromatic heterocycles. The Bertz CT molecular complexity index is 857. The number of nitrogens with zero attached hydrogens (tertiary/aromatic N) is 2. The van der Waals surface area contributed by atoms with Gasteiger partial charge in [0.2, 0.25) is 0 Å². The van der Waals surface area contributed by atoms with Gasteiger partial charge in [-0.25, -0.2) is 9.07 Å². The summed E-state index contributed by atoms with van der Waals surface area (Å²) in [6.07, 6.45) is 2.16. The lowest BCUT2D eigenvalue weighted by molar-refractivity contribution is 0.102. The first-order chi connectivity index (χ1) is 11.6. The van der Waals surface area contributed by atoms with Crippen LogP contribution in [-0.2, 0) is 6.42 Å². The molecule has 0 unspecified atom stereocenters. The van der Waals surface area contributed by atoms with E-state index in [1.165, 1.54) is 18.3 Å². The van der Waals surface area contributed by atoms with Gasteiger partial charge < -0.3 is 5.32 Å². The van der Waals surface area contributed by atoms with Crippen molar-refractivity contribution in [2.75, 3.05) is 5.32 Å². The number of hydrogen-bond acceptors (Lipinski definition) is 2. The predicted molar refractivity (Wildman–Crippen MR) is 95.0 cm³/mol. The molecular weight excluding hydrogens is 373 g/mol. The van der Waals surface area contributed by atoms with Gasteiger partial charge in [-0.1, -0.05) is 22.9 Å². The van der Waals surface area contributed by atoms with E-state index in [4.69, 9.17) is 0 Å². The van der Waals surface area contributed by atoms with Crippen molar-refractivity contribution >= 4 is 27.5 Å². The maximum Gasteiger partial charge on any atom is 0.259 e. The van der Waals surface area contributed by atoms with Gasteiger partial charge in [0.05, 0.1) is 23.1 Å². The summed E-state index contributed by atoms with van der Waals surface area (Å²) in [5.74, 6) is -0.528. The minimum atomic E-state index is -0.308. The van der Waals surface area contributed by atoms with Gasteiger partial charge in [-0.15, -0.1) is 0 Å². The molecule has 0 aliphatic heterocycles. The molecule has 3 aromatic rings. The van der Waals surface area contributed by atoms with E-state index >= 15 is 0 Å². The Hall–Kier alpha value is -2.47. The predicted octanol–water partition coefficient (Wildman–Crippen LogP) is 4.59. The zero-order chi connectivity index (χ0) is 17.1. The van der Waals surface area contributed by atoms with Crippen molar-refractivity contribution in [3.05, 3.63) is 76.3 Å². The number of anilines is 1. The van der Waals surface area contributed by atoms with Gasteiger partial charge in [0.1, 0.15) is 5.82 Å². The smallest absolute Gasteiger partial charge is 0.259 e. The number of benzene rings is 2. The summed E-state index contributed by atoms with van der Waals surface area (Å²) in [4.78, 5) is 12.5. The fraction of sp³-hybridized carbons (Fsp3) is 0.111. The average Bonchev–Trinajstić information content (AvgIpc) is 3.01. The van der Waals surface area contributed by atoms with Crippen molar-refractivity contribution in [1.82, 2.24) is 9.78 Å². The highest BCUT2D eigenvalue weighted by atomic mass is 79.9. The van der Waals surface area contributed by atoms with Crippen LogP contribution in [0.4, 0.5) is 10.1 Å². The second kappa shape index (κ2) is 6.97. The largest absolute Gasteiger partial charge is 0.322 e. The highest BCUT2D eigenvalue weighted by Gasteiger charge is 2.17. The molecule has 0 radical (unpaired) electrons. The lowest BCUT2D eigenvalue weighted by Crippen LogP contribution is -2.14. The molecule has 24 heavy (non-hydrogen) atoms. The Morgan fingerprint density at radius 1 is 1.17 bits per heavy atom. The molecule has 0 saturated carbocycles. The summed E-state index contributed by atoms with van der Waals surface area (Å²) in [5.41, 5.74) is 2.71. The molecule has 1 amide bonds. The molecule has 0 saturated heterocycles. The SMILES string of the molecule is CCc1c(C(=O)Nc2ccc(Br)cc2)cnn1-c1ccc(F)cc1. The van der Waals surface area contributed by atoms with Crippen molar-refractivity contribution in [3.63, 3.8) is 0 Å². The molecule has 3 rings (SSSR count). The minimum absolute atomic E-state index is 0.220. The first-order valence-electron chi connectivity index (χ1n) is 7.48. The molecular formula is C18H15BrFN3O. The van der Waals surface area contributed by atoms with Gasteiger partial charge in [-0.05, 0) is 55.0 Å². The lowest BCUT2D eigenvalue weighted by Gasteiger charge is -2.09. The standard InChI is InChI=1S/C18H15BrFN3O/c1-2-17-16(18(24)22-14-7-3-12(19)4-8-14)11-21-23(17)15-9-5-13(20)6-10-15/h3-11H,2H2,1H3,(H,22,24). The highest BCUT2D eigenvalue weighted by molar-refractivity contribution is 9.10. The molecule has 2 aromatic carbocycles. The number of amides is 1. The quantitative estimate of drug-likeness (QED) is 0.711. The topological polar surface area (TPSA) is 46.9 Å². The van der Waals surface area contributed by atoms with Crippen LogP contribution in [0.15, 0.2) is 59.2 Å². The molecule has 0 fully saturated rings. The fourth-order valence-electron chi connectivity index (χ4n) is 2.44. The second-order valence-electron chi connectivity index (χ2n) is 5.21. The first kappa shape index (κ1) is 16.4. The van der Waals surface area contributed by atoms with Crippen molar-refractivity contribution in [3.8, 4) is 5.69 Å². The van der Waals surface area contributed by atoms with Gasteiger partial charge >= 0.3 is 0 Å². The number of carbonyl (C=O) groups excluding carboxylic acids is 1. The van der Waals surface area contributed by atoms with Gasteiger partial charge in [0, 0.05) is 10.2 Å². The van der Waals surface area contributed by atoms with Gasteiger partial charge in [0.15, 0.2) is 0 Å². The van der Waals surface area contributed by atoms with Crippen molar-refractivity contribution in [2.45, 2.75) is 13.3 Å². The summed E-state index contributed by atoms with van der Waals surface area (Å²) in [5, 5.41) is 7.15. The van der Waals surface area contributed by atoms with Crippen molar-refractivity contribution in [2.24, 2.45) is 0 Å². The van der Waals surface area contributed by atoms with E-state index in [9.17, 15) is 9.18 Å². The molecule has 1 N–H and O–H groups in total. The Labute approximate surface area is 147 Å². The number of hydrogen-bond donors (Lipinski definition) is 1. The minimum Gasteiger partial charge on any atom is -0.322 e. The molecule has 122 valence electrons. The normalized spacial score (nSPS) is 10.6. The van der Waals surface area contributed by atoms with Crippen LogP contribution < -0.4 is 5.32 Å². The average molecular weight is 388 g/mol. The molecule has 0 aliphatic rings. The van der Waals surface area contributed by atoms with Crippen LogP contribution >= 0.6 is 15.9 Å². The Balaban J connectivity index is 1.89. The van der Waals surface area contributed by atoms with Gasteiger partial charge in [-0.2, -0.15) is 5.10 Å². The zero-order valence-corrected chi connectivity index (χ0v) is 14.5. The molecule has 0 spiro atoms. The van der Waals surface area contributed by atoms with Crippen LogP contribution in [0.25, 0.3) is 5.69 Å². The van der Waals surface area contributed by atoms with Crippen LogP contribution in [0, 0.1) is 5.82 Å². The summed E-state index contributed by atoms with van der Waals surface area (Å²) in [6, 6.07) is 13.4. The molecule has 0 atom stereocenters. The van der Waals surface area contributed by atoms with E-state index in [-0.39, 0.29) is 11.7 Å². The summed E-state index contributed by atoms with van der Waals surface area (Å²) in [6.45, 7) is 1.95. The van der Waals surface area contributed by atoms with Gasteiger partial charge in [-0.3, -0.25) is 4.79 Å². The first-order valence-corrected chi connectivity index (χ1v) is 8.27. The molecule has 1 heterocycles. The van der Waals surface area contributed by atoms with E-state index in [2.05, 4.69) is 26.3 Å². The number of carbonyl (C=O) groups is 1. The van der Waals surface area contributed by atoms with Crippen LogP contribution in [0.2, 0.25) is 0 Å². The molecule has 6 heteroatoms. The lowest BCUT2D eigenvalue weighted by atomic mass is 10.2. The van der Waals surface area contributed by atoms with E-state index in [0.717, 1.165) is 15.9 Å². The zero-order valence-electron chi connectivity index (χ0n) is 13.0. The summed E-state index contributed by atoms with van der Waals surface area (Å²) in [7, 11) is 0. The van der Waals surface area contributed by atoms with Gasteiger partial charge in [0.25, 0.3) is 5.91 Å². The molecule has 0 aliphatic carbocycles. The third-order valence-corrected chi connectivity index (χ3v) is 4.15. The van der Waals surface area contributed by atoms with E-state index < -0.39 is 0 Å². The Morgan fingerprint density at radius 3 is 2.46 bits per heavy atom. The summed E-state index contributed by atoms with van der Waals surface area (Å²) >= 11 is 3.36. The van der Waals surface area contributed by atoms with E-state index in [0.29, 0.717) is 17.7 Å². The number of rotatable bonds is 4. The molecule has 0 bridgehead atoms. The fourth-order valence-corrected chi connectivity index (χ4v) is 2.70. The molecule has 4 nitrogen and oxygen atoms in total. The van der Waals surface area contributed by atoms with Crippen LogP contribution in [-0.4, -0.2) is 15.7 Å². The van der Waals surface area contributed by atoms with Crippen LogP contribution in [0.5, 0.6) is 0 Å². The number of halogens is 2. The highest BCUT2D eigenvalue weighted by Crippen LogP contribution is 2.19. The van der Waals surface area contributed by atoms with Crippen LogP contribution in [0.1, 0.15) is 23.0 Å². The second-order valence-corrected chi connectivity index (χ2v) is 6.12. The Kier molecular flexibility index (Phi) is 4.76.